The molecule has 1 aromatic heterocycles. The van der Waals surface area contributed by atoms with Crippen molar-refractivity contribution in [2.24, 2.45) is 17.6 Å². The van der Waals surface area contributed by atoms with Crippen molar-refractivity contribution in [3.63, 3.8) is 0 Å². The predicted octanol–water partition coefficient (Wildman–Crippen LogP) is 4.21. The second-order valence-corrected chi connectivity index (χ2v) is 7.41. The van der Waals surface area contributed by atoms with Crippen molar-refractivity contribution in [1.82, 2.24) is 4.98 Å². The smallest absolute Gasteiger partial charge is 0.0723 e. The van der Waals surface area contributed by atoms with E-state index in [0.29, 0.717) is 11.6 Å². The number of allylic oxidation sites excluding steroid dienone is 1. The molecule has 3 heteroatoms. The van der Waals surface area contributed by atoms with Crippen LogP contribution in [0.15, 0.2) is 36.7 Å². The molecule has 0 aliphatic carbocycles. The summed E-state index contributed by atoms with van der Waals surface area (Å²) in [6.07, 6.45) is 1.96. The third kappa shape index (κ3) is 2.92. The quantitative estimate of drug-likeness (QED) is 0.920. The number of aromatic nitrogens is 1. The van der Waals surface area contributed by atoms with Gasteiger partial charge in [0.2, 0.25) is 0 Å². The summed E-state index contributed by atoms with van der Waals surface area (Å²) >= 11 is 0. The predicted molar refractivity (Wildman–Crippen MR) is 98.8 cm³/mol. The van der Waals surface area contributed by atoms with Gasteiger partial charge in [-0.3, -0.25) is 4.98 Å². The van der Waals surface area contributed by atoms with Crippen LogP contribution in [0.1, 0.15) is 37.8 Å². The van der Waals surface area contributed by atoms with E-state index in [1.807, 2.05) is 6.20 Å². The SMILES string of the molecule is C=C(N)C(c1cnc2cc(N3CC(C)C3)c(C)cc2c1)C(C)C. The first kappa shape index (κ1) is 15.9. The van der Waals surface area contributed by atoms with E-state index in [2.05, 4.69) is 57.4 Å². The standard InChI is InChI=1S/C20H27N3/c1-12(2)20(15(5)21)17-7-16-6-14(4)19(8-18(16)22-9-17)23-10-13(3)11-23/h6-9,12-13,20H,5,10-11,21H2,1-4H3. The van der Waals surface area contributed by atoms with Crippen molar-refractivity contribution >= 4 is 16.6 Å². The highest BCUT2D eigenvalue weighted by Crippen LogP contribution is 2.33. The van der Waals surface area contributed by atoms with Crippen molar-refractivity contribution < 1.29 is 0 Å². The van der Waals surface area contributed by atoms with Crippen molar-refractivity contribution in [2.45, 2.75) is 33.6 Å². The number of nitrogens with zero attached hydrogens (tertiary/aromatic N) is 2. The maximum atomic E-state index is 6.02. The molecule has 0 bridgehead atoms. The second kappa shape index (κ2) is 5.88. The lowest BCUT2D eigenvalue weighted by molar-refractivity contribution is 0.447. The molecule has 1 aliphatic heterocycles. The summed E-state index contributed by atoms with van der Waals surface area (Å²) in [7, 11) is 0. The molecule has 1 atom stereocenters. The van der Waals surface area contributed by atoms with Gasteiger partial charge in [0.15, 0.2) is 0 Å². The topological polar surface area (TPSA) is 42.1 Å². The van der Waals surface area contributed by atoms with Crippen LogP contribution in [0, 0.1) is 18.8 Å². The van der Waals surface area contributed by atoms with Crippen LogP contribution in [0.3, 0.4) is 0 Å². The van der Waals surface area contributed by atoms with Gasteiger partial charge in [0.05, 0.1) is 5.52 Å². The third-order valence-electron chi connectivity index (χ3n) is 4.85. The van der Waals surface area contributed by atoms with E-state index in [1.165, 1.54) is 16.6 Å². The normalized spacial score (nSPS) is 16.7. The maximum absolute atomic E-state index is 6.02. The van der Waals surface area contributed by atoms with Crippen LogP contribution >= 0.6 is 0 Å². The van der Waals surface area contributed by atoms with Gasteiger partial charge in [0, 0.05) is 42.0 Å². The number of pyridine rings is 1. The molecule has 2 heterocycles. The first-order valence-electron chi connectivity index (χ1n) is 8.46. The maximum Gasteiger partial charge on any atom is 0.0723 e. The summed E-state index contributed by atoms with van der Waals surface area (Å²) < 4.78 is 0. The van der Waals surface area contributed by atoms with E-state index in [4.69, 9.17) is 10.7 Å². The van der Waals surface area contributed by atoms with Crippen LogP contribution < -0.4 is 10.6 Å². The van der Waals surface area contributed by atoms with Crippen molar-refractivity contribution in [3.8, 4) is 0 Å². The summed E-state index contributed by atoms with van der Waals surface area (Å²) in [4.78, 5) is 7.14. The van der Waals surface area contributed by atoms with Gasteiger partial charge in [0.1, 0.15) is 0 Å². The monoisotopic (exact) mass is 309 g/mol. The summed E-state index contributed by atoms with van der Waals surface area (Å²) in [5, 5.41) is 1.18. The minimum absolute atomic E-state index is 0.156. The lowest BCUT2D eigenvalue weighted by atomic mass is 9.86. The Bertz CT molecular complexity index is 742. The molecule has 0 saturated carbocycles. The van der Waals surface area contributed by atoms with E-state index < -0.39 is 0 Å². The van der Waals surface area contributed by atoms with Gasteiger partial charge in [-0.15, -0.1) is 0 Å². The van der Waals surface area contributed by atoms with Crippen LogP contribution in [-0.2, 0) is 0 Å². The average Bonchev–Trinajstić information content (AvgIpc) is 2.42. The highest BCUT2D eigenvalue weighted by Gasteiger charge is 2.24. The third-order valence-corrected chi connectivity index (χ3v) is 4.85. The summed E-state index contributed by atoms with van der Waals surface area (Å²) in [5.74, 6) is 1.36. The van der Waals surface area contributed by atoms with Gasteiger partial charge in [0.25, 0.3) is 0 Å². The Kier molecular flexibility index (Phi) is 4.05. The van der Waals surface area contributed by atoms with Gasteiger partial charge < -0.3 is 10.6 Å². The van der Waals surface area contributed by atoms with Gasteiger partial charge in [-0.1, -0.05) is 27.4 Å². The van der Waals surface area contributed by atoms with Crippen LogP contribution in [0.2, 0.25) is 0 Å². The summed E-state index contributed by atoms with van der Waals surface area (Å²) in [6, 6.07) is 6.70. The second-order valence-electron chi connectivity index (χ2n) is 7.41. The Morgan fingerprint density at radius 1 is 1.30 bits per heavy atom. The zero-order valence-corrected chi connectivity index (χ0v) is 14.6. The minimum atomic E-state index is 0.156. The van der Waals surface area contributed by atoms with Gasteiger partial charge >= 0.3 is 0 Å². The Labute approximate surface area is 139 Å². The fraction of sp³-hybridized carbons (Fsp3) is 0.450. The highest BCUT2D eigenvalue weighted by atomic mass is 15.2. The van der Waals surface area contributed by atoms with Gasteiger partial charge in [-0.05, 0) is 48.1 Å². The molecule has 23 heavy (non-hydrogen) atoms. The van der Waals surface area contributed by atoms with E-state index in [0.717, 1.165) is 30.1 Å². The molecular weight excluding hydrogens is 282 g/mol. The molecule has 3 rings (SSSR count). The van der Waals surface area contributed by atoms with E-state index >= 15 is 0 Å². The van der Waals surface area contributed by atoms with Crippen LogP contribution in [0.25, 0.3) is 10.9 Å². The molecule has 2 N–H and O–H groups in total. The zero-order valence-electron chi connectivity index (χ0n) is 14.6. The molecule has 1 saturated heterocycles. The molecule has 2 aromatic rings. The van der Waals surface area contributed by atoms with Gasteiger partial charge in [-0.2, -0.15) is 0 Å². The lowest BCUT2D eigenvalue weighted by Crippen LogP contribution is -2.45. The molecule has 1 aliphatic rings. The van der Waals surface area contributed by atoms with E-state index in [1.54, 1.807) is 0 Å². The van der Waals surface area contributed by atoms with Crippen molar-refractivity contribution in [3.05, 3.63) is 47.8 Å². The van der Waals surface area contributed by atoms with E-state index in [9.17, 15) is 0 Å². The first-order valence-corrected chi connectivity index (χ1v) is 8.46. The fourth-order valence-corrected chi connectivity index (χ4v) is 3.73. The van der Waals surface area contributed by atoms with E-state index in [-0.39, 0.29) is 5.92 Å². The number of nitrogens with two attached hydrogens (primary N) is 1. The number of hydrogen-bond acceptors (Lipinski definition) is 3. The number of aryl methyl sites for hydroxylation is 1. The molecule has 1 fully saturated rings. The van der Waals surface area contributed by atoms with Crippen molar-refractivity contribution in [1.29, 1.82) is 0 Å². The zero-order chi connectivity index (χ0) is 16.7. The molecule has 0 spiro atoms. The number of rotatable bonds is 4. The first-order chi connectivity index (χ1) is 10.9. The number of fused-ring (bicyclic) bond motifs is 1. The molecule has 0 radical (unpaired) electrons. The summed E-state index contributed by atoms with van der Waals surface area (Å²) in [6.45, 7) is 15.1. The fourth-order valence-electron chi connectivity index (χ4n) is 3.73. The Balaban J connectivity index is 2.01. The number of hydrogen-bond donors (Lipinski definition) is 1. The molecule has 3 nitrogen and oxygen atoms in total. The van der Waals surface area contributed by atoms with Crippen LogP contribution in [0.4, 0.5) is 5.69 Å². The average molecular weight is 309 g/mol. The summed E-state index contributed by atoms with van der Waals surface area (Å²) in [5.41, 5.74) is 11.6. The number of anilines is 1. The Morgan fingerprint density at radius 3 is 2.57 bits per heavy atom. The Hall–Kier alpha value is -2.03. The molecular formula is C20H27N3. The highest BCUT2D eigenvalue weighted by molar-refractivity contribution is 5.85. The molecule has 122 valence electrons. The molecule has 1 aromatic carbocycles. The Morgan fingerprint density at radius 2 is 2.00 bits per heavy atom. The van der Waals surface area contributed by atoms with Crippen molar-refractivity contribution in [2.75, 3.05) is 18.0 Å². The molecule has 0 amide bonds. The van der Waals surface area contributed by atoms with Gasteiger partial charge in [-0.25, -0.2) is 0 Å². The van der Waals surface area contributed by atoms with Crippen LogP contribution in [0.5, 0.6) is 0 Å². The minimum Gasteiger partial charge on any atom is -0.402 e. The van der Waals surface area contributed by atoms with Crippen LogP contribution in [-0.4, -0.2) is 18.1 Å². The largest absolute Gasteiger partial charge is 0.402 e. The number of benzene rings is 1. The lowest BCUT2D eigenvalue weighted by Gasteiger charge is -2.40. The molecule has 1 unspecified atom stereocenters.